The molecule has 0 bridgehead atoms. The first-order valence-corrected chi connectivity index (χ1v) is 12.2. The molecular weight excluding hydrogens is 436 g/mol. The zero-order chi connectivity index (χ0) is 23.0. The molecule has 0 atom stereocenters. The SMILES string of the molecule is CCOc1ccc(N2CN(CCN3CCOCC3)CN(c3ccc(OCC)cc3)C2=S)cc1. The molecule has 0 radical (unpaired) electrons. The van der Waals surface area contributed by atoms with Crippen LogP contribution in [0.5, 0.6) is 11.5 Å². The molecule has 2 fully saturated rings. The van der Waals surface area contributed by atoms with Crippen molar-refractivity contribution in [2.45, 2.75) is 13.8 Å². The summed E-state index contributed by atoms with van der Waals surface area (Å²) in [5.74, 6) is 1.74. The second-order valence-electron chi connectivity index (χ2n) is 8.12. The average Bonchev–Trinajstić information content (AvgIpc) is 2.86. The van der Waals surface area contributed by atoms with Crippen LogP contribution in [0.25, 0.3) is 0 Å². The van der Waals surface area contributed by atoms with Crippen molar-refractivity contribution in [1.29, 1.82) is 0 Å². The van der Waals surface area contributed by atoms with Crippen LogP contribution in [0, 0.1) is 0 Å². The first-order chi connectivity index (χ1) is 16.2. The Bertz CT molecular complexity index is 826. The Morgan fingerprint density at radius 3 is 1.64 bits per heavy atom. The Morgan fingerprint density at radius 1 is 0.727 bits per heavy atom. The van der Waals surface area contributed by atoms with E-state index in [1.807, 2.05) is 38.1 Å². The predicted molar refractivity (Wildman–Crippen MR) is 136 cm³/mol. The normalized spacial score (nSPS) is 17.9. The smallest absolute Gasteiger partial charge is 0.182 e. The second kappa shape index (κ2) is 11.7. The molecule has 7 nitrogen and oxygen atoms in total. The zero-order valence-electron chi connectivity index (χ0n) is 19.6. The molecule has 2 aliphatic heterocycles. The molecule has 0 aliphatic carbocycles. The Hall–Kier alpha value is -2.39. The summed E-state index contributed by atoms with van der Waals surface area (Å²) in [7, 11) is 0. The van der Waals surface area contributed by atoms with Gasteiger partial charge in [-0.05, 0) is 74.6 Å². The van der Waals surface area contributed by atoms with Crippen molar-refractivity contribution >= 4 is 28.7 Å². The van der Waals surface area contributed by atoms with Crippen LogP contribution in [0.1, 0.15) is 13.8 Å². The third-order valence-corrected chi connectivity index (χ3v) is 6.34. The minimum atomic E-state index is 0.655. The van der Waals surface area contributed by atoms with Gasteiger partial charge in [-0.2, -0.15) is 0 Å². The highest BCUT2D eigenvalue weighted by Crippen LogP contribution is 2.28. The number of hydrogen-bond donors (Lipinski definition) is 0. The van der Waals surface area contributed by atoms with Gasteiger partial charge < -0.3 is 24.0 Å². The van der Waals surface area contributed by atoms with Gasteiger partial charge in [-0.25, -0.2) is 0 Å². The third-order valence-electron chi connectivity index (χ3n) is 5.90. The third kappa shape index (κ3) is 6.14. The van der Waals surface area contributed by atoms with Crippen molar-refractivity contribution in [2.75, 3.05) is 75.7 Å². The van der Waals surface area contributed by atoms with Crippen molar-refractivity contribution in [1.82, 2.24) is 9.80 Å². The van der Waals surface area contributed by atoms with E-state index < -0.39 is 0 Å². The van der Waals surface area contributed by atoms with E-state index in [0.717, 1.165) is 80.7 Å². The van der Waals surface area contributed by atoms with Gasteiger partial charge in [0.15, 0.2) is 5.11 Å². The van der Waals surface area contributed by atoms with Gasteiger partial charge in [-0.15, -0.1) is 0 Å². The fourth-order valence-corrected chi connectivity index (χ4v) is 4.45. The van der Waals surface area contributed by atoms with Gasteiger partial charge in [0.25, 0.3) is 0 Å². The molecule has 0 saturated carbocycles. The van der Waals surface area contributed by atoms with Gasteiger partial charge in [-0.1, -0.05) is 0 Å². The lowest BCUT2D eigenvalue weighted by molar-refractivity contribution is 0.0334. The van der Waals surface area contributed by atoms with E-state index in [2.05, 4.69) is 43.9 Å². The van der Waals surface area contributed by atoms with E-state index in [-0.39, 0.29) is 0 Å². The molecule has 2 aromatic carbocycles. The zero-order valence-corrected chi connectivity index (χ0v) is 20.4. The molecule has 0 amide bonds. The number of hydrogen-bond acceptors (Lipinski definition) is 6. The summed E-state index contributed by atoms with van der Waals surface area (Å²) in [4.78, 5) is 9.31. The Balaban J connectivity index is 1.53. The van der Waals surface area contributed by atoms with Gasteiger partial charge in [0.2, 0.25) is 0 Å². The summed E-state index contributed by atoms with van der Waals surface area (Å²) in [6.45, 7) is 12.4. The van der Waals surface area contributed by atoms with Crippen LogP contribution >= 0.6 is 12.2 Å². The van der Waals surface area contributed by atoms with Crippen LogP contribution in [-0.2, 0) is 4.74 Å². The fourth-order valence-electron chi connectivity index (χ4n) is 4.12. The Kier molecular flexibility index (Phi) is 8.39. The number of anilines is 2. The summed E-state index contributed by atoms with van der Waals surface area (Å²) in [6, 6.07) is 16.4. The molecule has 0 unspecified atom stereocenters. The second-order valence-corrected chi connectivity index (χ2v) is 8.49. The fraction of sp³-hybridized carbons (Fsp3) is 0.480. The summed E-state index contributed by atoms with van der Waals surface area (Å²) < 4.78 is 16.7. The van der Waals surface area contributed by atoms with Crippen molar-refractivity contribution in [2.24, 2.45) is 0 Å². The number of morpholine rings is 1. The maximum atomic E-state index is 5.98. The first-order valence-electron chi connectivity index (χ1n) is 11.7. The van der Waals surface area contributed by atoms with E-state index >= 15 is 0 Å². The number of nitrogens with zero attached hydrogens (tertiary/aromatic N) is 4. The summed E-state index contributed by atoms with van der Waals surface area (Å²) in [5, 5.41) is 0.797. The Labute approximate surface area is 202 Å². The molecule has 4 rings (SSSR count). The molecule has 2 heterocycles. The van der Waals surface area contributed by atoms with Crippen LogP contribution < -0.4 is 19.3 Å². The van der Waals surface area contributed by atoms with E-state index in [0.29, 0.717) is 13.2 Å². The molecular formula is C25H34N4O3S. The van der Waals surface area contributed by atoms with E-state index in [1.54, 1.807) is 0 Å². The van der Waals surface area contributed by atoms with Gasteiger partial charge >= 0.3 is 0 Å². The van der Waals surface area contributed by atoms with Gasteiger partial charge in [-0.3, -0.25) is 9.80 Å². The maximum absolute atomic E-state index is 5.98. The molecule has 8 heteroatoms. The largest absolute Gasteiger partial charge is 0.494 e. The van der Waals surface area contributed by atoms with Gasteiger partial charge in [0.05, 0.1) is 39.8 Å². The van der Waals surface area contributed by atoms with Crippen molar-refractivity contribution in [3.8, 4) is 11.5 Å². The van der Waals surface area contributed by atoms with Crippen LogP contribution in [0.3, 0.4) is 0 Å². The highest BCUT2D eigenvalue weighted by Gasteiger charge is 2.29. The summed E-state index contributed by atoms with van der Waals surface area (Å²) >= 11 is 5.98. The van der Waals surface area contributed by atoms with Crippen molar-refractivity contribution in [3.63, 3.8) is 0 Å². The minimum Gasteiger partial charge on any atom is -0.494 e. The molecule has 178 valence electrons. The lowest BCUT2D eigenvalue weighted by Crippen LogP contribution is -2.59. The molecule has 2 aliphatic rings. The first kappa shape index (κ1) is 23.8. The predicted octanol–water partition coefficient (Wildman–Crippen LogP) is 3.64. The highest BCUT2D eigenvalue weighted by molar-refractivity contribution is 7.80. The average molecular weight is 471 g/mol. The monoisotopic (exact) mass is 470 g/mol. The van der Waals surface area contributed by atoms with E-state index in [1.165, 1.54) is 0 Å². The van der Waals surface area contributed by atoms with Gasteiger partial charge in [0.1, 0.15) is 11.5 Å². The molecule has 0 N–H and O–H groups in total. The molecule has 2 saturated heterocycles. The standard InChI is InChI=1S/C25H34N4O3S/c1-3-31-23-9-5-21(6-10-23)28-19-27(14-13-26-15-17-30-18-16-26)20-29(25(28)33)22-7-11-24(12-8-22)32-4-2/h5-12H,3-4,13-20H2,1-2H3. The quantitative estimate of drug-likeness (QED) is 0.515. The van der Waals surface area contributed by atoms with Crippen molar-refractivity contribution < 1.29 is 14.2 Å². The minimum absolute atomic E-state index is 0.655. The summed E-state index contributed by atoms with van der Waals surface area (Å²) in [5.41, 5.74) is 2.13. The molecule has 0 spiro atoms. The van der Waals surface area contributed by atoms with Crippen molar-refractivity contribution in [3.05, 3.63) is 48.5 Å². The number of rotatable bonds is 9. The molecule has 2 aromatic rings. The van der Waals surface area contributed by atoms with Crippen LogP contribution in [0.15, 0.2) is 48.5 Å². The van der Waals surface area contributed by atoms with Crippen LogP contribution in [0.4, 0.5) is 11.4 Å². The number of thiocarbonyl (C=S) groups is 1. The highest BCUT2D eigenvalue weighted by atomic mass is 32.1. The van der Waals surface area contributed by atoms with Crippen LogP contribution in [0.2, 0.25) is 0 Å². The maximum Gasteiger partial charge on any atom is 0.182 e. The van der Waals surface area contributed by atoms with Crippen LogP contribution in [-0.4, -0.2) is 80.9 Å². The van der Waals surface area contributed by atoms with E-state index in [4.69, 9.17) is 26.4 Å². The lowest BCUT2D eigenvalue weighted by atomic mass is 10.2. The van der Waals surface area contributed by atoms with Gasteiger partial charge in [0, 0.05) is 37.6 Å². The topological polar surface area (TPSA) is 40.7 Å². The number of ether oxygens (including phenoxy) is 3. The Morgan fingerprint density at radius 2 is 1.18 bits per heavy atom. The summed E-state index contributed by atoms with van der Waals surface area (Å²) in [6.07, 6.45) is 0. The van der Waals surface area contributed by atoms with E-state index in [9.17, 15) is 0 Å². The molecule has 33 heavy (non-hydrogen) atoms. The number of benzene rings is 2. The molecule has 0 aromatic heterocycles. The lowest BCUT2D eigenvalue weighted by Gasteiger charge is -2.45.